The third kappa shape index (κ3) is 3.72. The lowest BCUT2D eigenvalue weighted by molar-refractivity contribution is -0.152. The number of ether oxygens (including phenoxy) is 2. The lowest BCUT2D eigenvalue weighted by atomic mass is 9.95. The molecule has 0 bridgehead atoms. The number of methoxy groups -OCH3 is 1. The normalized spacial score (nSPS) is 19.4. The molecular weight excluding hydrogens is 338 g/mol. The highest BCUT2D eigenvalue weighted by atomic mass is 16.5. The highest BCUT2D eigenvalue weighted by Crippen LogP contribution is 2.40. The van der Waals surface area contributed by atoms with Gasteiger partial charge in [0.15, 0.2) is 0 Å². The third-order valence-corrected chi connectivity index (χ3v) is 5.88. The van der Waals surface area contributed by atoms with E-state index in [1.54, 1.807) is 0 Å². The van der Waals surface area contributed by atoms with Gasteiger partial charge in [0.2, 0.25) is 0 Å². The lowest BCUT2D eigenvalue weighted by Gasteiger charge is -2.41. The number of nitrogens with zero attached hydrogens (tertiary/aromatic N) is 1. The molecule has 2 aromatic carbocycles. The van der Waals surface area contributed by atoms with Crippen LogP contribution < -0.4 is 4.74 Å². The first-order valence-corrected chi connectivity index (χ1v) is 9.83. The van der Waals surface area contributed by atoms with Crippen LogP contribution in [0.1, 0.15) is 41.6 Å². The minimum atomic E-state index is -0.0832. The van der Waals surface area contributed by atoms with Crippen LogP contribution in [0.2, 0.25) is 0 Å². The Morgan fingerprint density at radius 2 is 1.85 bits per heavy atom. The number of benzene rings is 2. The Balaban J connectivity index is 1.36. The number of fused-ring (bicyclic) bond motifs is 1. The maximum absolute atomic E-state index is 11.6. The summed E-state index contributed by atoms with van der Waals surface area (Å²) in [5.74, 6) is 0.894. The molecule has 4 rings (SSSR count). The Hall–Kier alpha value is -2.33. The van der Waals surface area contributed by atoms with Crippen molar-refractivity contribution in [3.05, 3.63) is 64.7 Å². The maximum Gasteiger partial charge on any atom is 0.311 e. The molecule has 4 heteroatoms. The van der Waals surface area contributed by atoms with Crippen LogP contribution in [0, 0.1) is 5.92 Å². The molecule has 1 aliphatic carbocycles. The molecule has 0 aromatic heterocycles. The average molecular weight is 365 g/mol. The van der Waals surface area contributed by atoms with Crippen molar-refractivity contribution in [1.29, 1.82) is 0 Å². The summed E-state index contributed by atoms with van der Waals surface area (Å²) in [6.07, 6.45) is 3.25. The minimum absolute atomic E-state index is 0.0424. The van der Waals surface area contributed by atoms with Gasteiger partial charge in [-0.05, 0) is 53.6 Å². The van der Waals surface area contributed by atoms with Crippen molar-refractivity contribution in [3.8, 4) is 5.75 Å². The van der Waals surface area contributed by atoms with Gasteiger partial charge in [-0.25, -0.2) is 0 Å². The van der Waals surface area contributed by atoms with Crippen LogP contribution in [0.5, 0.6) is 5.75 Å². The van der Waals surface area contributed by atoms with Crippen molar-refractivity contribution >= 4 is 5.97 Å². The summed E-state index contributed by atoms with van der Waals surface area (Å²) in [7, 11) is 1.47. The van der Waals surface area contributed by atoms with Crippen molar-refractivity contribution in [2.24, 2.45) is 5.92 Å². The summed E-state index contributed by atoms with van der Waals surface area (Å²) in [6, 6.07) is 15.5. The van der Waals surface area contributed by atoms with Gasteiger partial charge < -0.3 is 9.47 Å². The fraction of sp³-hybridized carbons (Fsp3) is 0.435. The van der Waals surface area contributed by atoms with Gasteiger partial charge in [-0.15, -0.1) is 0 Å². The topological polar surface area (TPSA) is 38.8 Å². The number of esters is 1. The van der Waals surface area contributed by atoms with E-state index in [9.17, 15) is 4.79 Å². The molecule has 1 unspecified atom stereocenters. The zero-order valence-corrected chi connectivity index (χ0v) is 16.1. The summed E-state index contributed by atoms with van der Waals surface area (Å²) in [4.78, 5) is 14.0. The second-order valence-corrected chi connectivity index (χ2v) is 7.55. The van der Waals surface area contributed by atoms with Gasteiger partial charge in [0.25, 0.3) is 0 Å². The average Bonchev–Trinajstić information content (AvgIpc) is 3.08. The molecule has 1 aliphatic heterocycles. The van der Waals surface area contributed by atoms with Gasteiger partial charge in [-0.3, -0.25) is 9.69 Å². The first-order chi connectivity index (χ1) is 13.2. The predicted molar refractivity (Wildman–Crippen MR) is 105 cm³/mol. The Kier molecular flexibility index (Phi) is 5.17. The van der Waals surface area contributed by atoms with Crippen LogP contribution in [0.3, 0.4) is 0 Å². The summed E-state index contributed by atoms with van der Waals surface area (Å²) < 4.78 is 10.9. The molecule has 0 spiro atoms. The smallest absolute Gasteiger partial charge is 0.311 e. The molecule has 0 N–H and O–H groups in total. The number of carbonyl (C=O) groups is 1. The second kappa shape index (κ2) is 7.73. The Morgan fingerprint density at radius 1 is 1.11 bits per heavy atom. The third-order valence-electron chi connectivity index (χ3n) is 5.88. The zero-order valence-electron chi connectivity index (χ0n) is 16.1. The van der Waals surface area contributed by atoms with Crippen LogP contribution in [0.4, 0.5) is 0 Å². The molecule has 0 saturated carbocycles. The molecule has 4 nitrogen and oxygen atoms in total. The second-order valence-electron chi connectivity index (χ2n) is 7.55. The standard InChI is InChI=1S/C23H27NO3/c1-3-16-4-6-17(7-5-16)15-27-20-9-10-21-18(12-20)8-11-22(21)24-13-19(14-24)23(25)26-2/h4-7,9-10,12,19,22H,3,8,11,13-15H2,1-2H3. The van der Waals surface area contributed by atoms with Gasteiger partial charge in [0.05, 0.1) is 13.0 Å². The highest BCUT2D eigenvalue weighted by molar-refractivity contribution is 5.73. The van der Waals surface area contributed by atoms with E-state index in [0.29, 0.717) is 12.6 Å². The van der Waals surface area contributed by atoms with E-state index in [1.165, 1.54) is 29.4 Å². The predicted octanol–water partition coefficient (Wildman–Crippen LogP) is 3.92. The van der Waals surface area contributed by atoms with Crippen molar-refractivity contribution in [2.75, 3.05) is 20.2 Å². The number of rotatable bonds is 6. The fourth-order valence-electron chi connectivity index (χ4n) is 4.16. The minimum Gasteiger partial charge on any atom is -0.489 e. The van der Waals surface area contributed by atoms with Gasteiger partial charge >= 0.3 is 5.97 Å². The molecule has 0 radical (unpaired) electrons. The Morgan fingerprint density at radius 3 is 2.56 bits per heavy atom. The summed E-state index contributed by atoms with van der Waals surface area (Å²) in [5.41, 5.74) is 5.31. The van der Waals surface area contributed by atoms with Gasteiger partial charge in [0, 0.05) is 19.1 Å². The molecule has 1 fully saturated rings. The number of aryl methyl sites for hydroxylation is 2. The quantitative estimate of drug-likeness (QED) is 0.728. The van der Waals surface area contributed by atoms with Gasteiger partial charge in [-0.1, -0.05) is 37.3 Å². The van der Waals surface area contributed by atoms with Crippen molar-refractivity contribution in [3.63, 3.8) is 0 Å². The SMILES string of the molecule is CCc1ccc(COc2ccc3c(c2)CCC3N2CC(C(=O)OC)C2)cc1. The molecular formula is C23H27NO3. The molecule has 1 atom stereocenters. The first-order valence-electron chi connectivity index (χ1n) is 9.83. The van der Waals surface area contributed by atoms with E-state index in [1.807, 2.05) is 0 Å². The lowest BCUT2D eigenvalue weighted by Crippen LogP contribution is -2.51. The van der Waals surface area contributed by atoms with Crippen molar-refractivity contribution in [1.82, 2.24) is 4.90 Å². The molecule has 27 heavy (non-hydrogen) atoms. The Bertz CT molecular complexity index is 809. The van der Waals surface area contributed by atoms with Crippen LogP contribution >= 0.6 is 0 Å². The maximum atomic E-state index is 11.6. The van der Waals surface area contributed by atoms with Crippen LogP contribution in [-0.2, 0) is 29.0 Å². The van der Waals surface area contributed by atoms with Crippen LogP contribution in [0.15, 0.2) is 42.5 Å². The first kappa shape index (κ1) is 18.1. The van der Waals surface area contributed by atoms with Gasteiger partial charge in [-0.2, -0.15) is 0 Å². The molecule has 2 aromatic rings. The number of hydrogen-bond acceptors (Lipinski definition) is 4. The number of carbonyl (C=O) groups excluding carboxylic acids is 1. The van der Waals surface area contributed by atoms with Crippen molar-refractivity contribution in [2.45, 2.75) is 38.8 Å². The van der Waals surface area contributed by atoms with E-state index < -0.39 is 0 Å². The summed E-state index contributed by atoms with van der Waals surface area (Å²) in [6.45, 7) is 4.38. The largest absolute Gasteiger partial charge is 0.489 e. The monoisotopic (exact) mass is 365 g/mol. The summed E-state index contributed by atoms with van der Waals surface area (Å²) in [5, 5.41) is 0. The van der Waals surface area contributed by atoms with E-state index in [-0.39, 0.29) is 11.9 Å². The Labute approximate surface area is 161 Å². The van der Waals surface area contributed by atoms with E-state index in [4.69, 9.17) is 9.47 Å². The van der Waals surface area contributed by atoms with Crippen LogP contribution in [-0.4, -0.2) is 31.1 Å². The van der Waals surface area contributed by atoms with Gasteiger partial charge in [0.1, 0.15) is 12.4 Å². The zero-order chi connectivity index (χ0) is 18.8. The summed E-state index contributed by atoms with van der Waals surface area (Å²) >= 11 is 0. The van der Waals surface area contributed by atoms with E-state index in [2.05, 4.69) is 54.3 Å². The molecule has 1 saturated heterocycles. The number of likely N-dealkylation sites (tertiary alicyclic amines) is 1. The molecule has 2 aliphatic rings. The van der Waals surface area contributed by atoms with E-state index >= 15 is 0 Å². The fourth-order valence-corrected chi connectivity index (χ4v) is 4.16. The van der Waals surface area contributed by atoms with Crippen LogP contribution in [0.25, 0.3) is 0 Å². The number of hydrogen-bond donors (Lipinski definition) is 0. The van der Waals surface area contributed by atoms with Crippen molar-refractivity contribution < 1.29 is 14.3 Å². The molecule has 1 heterocycles. The molecule has 142 valence electrons. The highest BCUT2D eigenvalue weighted by Gasteiger charge is 2.40. The van der Waals surface area contributed by atoms with E-state index in [0.717, 1.165) is 38.1 Å². The molecule has 0 amide bonds.